The zero-order valence-corrected chi connectivity index (χ0v) is 25.0. The Balaban J connectivity index is 1.16. The van der Waals surface area contributed by atoms with E-state index in [-0.39, 0.29) is 0 Å². The van der Waals surface area contributed by atoms with E-state index in [0.29, 0.717) is 0 Å². The van der Waals surface area contributed by atoms with E-state index in [4.69, 9.17) is 4.98 Å². The van der Waals surface area contributed by atoms with Gasteiger partial charge in [0.05, 0.1) is 38.0 Å². The second-order valence-electron chi connectivity index (χ2n) is 11.6. The number of fused-ring (bicyclic) bond motifs is 9. The fourth-order valence-corrected chi connectivity index (χ4v) is 8.35. The highest BCUT2D eigenvalue weighted by atomic mass is 32.1. The van der Waals surface area contributed by atoms with Crippen LogP contribution in [0.3, 0.4) is 0 Å². The van der Waals surface area contributed by atoms with Crippen LogP contribution in [0.25, 0.3) is 86.4 Å². The number of benzene rings is 6. The molecular weight excluding hydrogens is 567 g/mol. The van der Waals surface area contributed by atoms with Gasteiger partial charge in [0.15, 0.2) is 0 Å². The highest BCUT2D eigenvalue weighted by Gasteiger charge is 2.18. The summed E-state index contributed by atoms with van der Waals surface area (Å²) in [6, 6.07) is 52.7. The minimum Gasteiger partial charge on any atom is -0.309 e. The van der Waals surface area contributed by atoms with Crippen LogP contribution in [0.4, 0.5) is 0 Å². The summed E-state index contributed by atoms with van der Waals surface area (Å²) in [5.41, 5.74) is 10.6. The van der Waals surface area contributed by atoms with Gasteiger partial charge in [-0.15, -0.1) is 11.3 Å². The first-order chi connectivity index (χ1) is 22.3. The lowest BCUT2D eigenvalue weighted by Gasteiger charge is -2.11. The summed E-state index contributed by atoms with van der Waals surface area (Å²) >= 11 is 1.82. The Morgan fingerprint density at radius 3 is 1.69 bits per heavy atom. The second-order valence-corrected chi connectivity index (χ2v) is 12.7. The molecule has 4 aromatic heterocycles. The van der Waals surface area contributed by atoms with Gasteiger partial charge in [0, 0.05) is 43.5 Å². The molecular formula is C41H25N3S. The van der Waals surface area contributed by atoms with Gasteiger partial charge in [-0.2, -0.15) is 0 Å². The van der Waals surface area contributed by atoms with Crippen molar-refractivity contribution in [3.05, 3.63) is 152 Å². The standard InChI is InChI=1S/C41H25N3S/c1-5-13-34-29(9-1)30-10-2-6-14-35(30)43(34)28-20-17-26(18-21-28)27-19-22-32-31-11-3-7-15-36(31)44(38(32)25-27)37-23-24-42-40-33-12-4-8-16-39(33)45-41(37)40/h1-25H. The zero-order valence-electron chi connectivity index (χ0n) is 24.2. The minimum absolute atomic E-state index is 1.07. The van der Waals surface area contributed by atoms with E-state index in [9.17, 15) is 0 Å². The van der Waals surface area contributed by atoms with Crippen molar-refractivity contribution in [2.24, 2.45) is 0 Å². The first-order valence-corrected chi connectivity index (χ1v) is 16.0. The smallest absolute Gasteiger partial charge is 0.0909 e. The van der Waals surface area contributed by atoms with Gasteiger partial charge in [-0.1, -0.05) is 97.1 Å². The number of hydrogen-bond donors (Lipinski definition) is 0. The summed E-state index contributed by atoms with van der Waals surface area (Å²) in [6.45, 7) is 0. The third kappa shape index (κ3) is 3.54. The number of para-hydroxylation sites is 3. The van der Waals surface area contributed by atoms with Crippen LogP contribution in [0, 0.1) is 0 Å². The highest BCUT2D eigenvalue weighted by Crippen LogP contribution is 2.41. The quantitative estimate of drug-likeness (QED) is 0.200. The molecule has 0 spiro atoms. The lowest BCUT2D eigenvalue weighted by molar-refractivity contribution is 1.18. The van der Waals surface area contributed by atoms with Crippen LogP contribution in [-0.4, -0.2) is 14.1 Å². The molecule has 0 saturated carbocycles. The van der Waals surface area contributed by atoms with E-state index < -0.39 is 0 Å². The molecule has 10 aromatic rings. The molecule has 10 rings (SSSR count). The summed E-state index contributed by atoms with van der Waals surface area (Å²) in [5, 5.41) is 6.27. The van der Waals surface area contributed by atoms with E-state index in [1.165, 1.54) is 75.2 Å². The van der Waals surface area contributed by atoms with Gasteiger partial charge in [0.1, 0.15) is 0 Å². The van der Waals surface area contributed by atoms with Crippen molar-refractivity contribution < 1.29 is 0 Å². The molecule has 0 aliphatic carbocycles. The summed E-state index contributed by atoms with van der Waals surface area (Å²) in [6.07, 6.45) is 1.95. The fraction of sp³-hybridized carbons (Fsp3) is 0. The Morgan fingerprint density at radius 2 is 1.00 bits per heavy atom. The SMILES string of the molecule is c1ccc2c(c1)sc1c(-n3c4ccccc4c4ccc(-c5ccc(-n6c7ccccc7c7ccccc76)cc5)cc43)ccnc12. The van der Waals surface area contributed by atoms with Gasteiger partial charge in [-0.3, -0.25) is 4.98 Å². The summed E-state index contributed by atoms with van der Waals surface area (Å²) in [7, 11) is 0. The molecule has 4 heteroatoms. The average Bonchev–Trinajstić information content (AvgIpc) is 3.76. The Bertz CT molecular complexity index is 2710. The molecule has 0 saturated heterocycles. The number of nitrogens with zero attached hydrogens (tertiary/aromatic N) is 3. The summed E-state index contributed by atoms with van der Waals surface area (Å²) < 4.78 is 7.27. The molecule has 0 amide bonds. The molecule has 6 aromatic carbocycles. The fourth-order valence-electron chi connectivity index (χ4n) is 7.18. The average molecular weight is 592 g/mol. The van der Waals surface area contributed by atoms with E-state index in [0.717, 1.165) is 11.2 Å². The Morgan fingerprint density at radius 1 is 0.444 bits per heavy atom. The van der Waals surface area contributed by atoms with E-state index >= 15 is 0 Å². The number of hydrogen-bond acceptors (Lipinski definition) is 2. The monoisotopic (exact) mass is 591 g/mol. The Kier molecular flexibility index (Phi) is 5.16. The zero-order chi connectivity index (χ0) is 29.5. The van der Waals surface area contributed by atoms with Crippen LogP contribution in [0.2, 0.25) is 0 Å². The van der Waals surface area contributed by atoms with Crippen molar-refractivity contribution in [2.75, 3.05) is 0 Å². The van der Waals surface area contributed by atoms with Crippen LogP contribution in [0.1, 0.15) is 0 Å². The molecule has 0 unspecified atom stereocenters. The summed E-state index contributed by atoms with van der Waals surface area (Å²) in [5.74, 6) is 0. The molecule has 45 heavy (non-hydrogen) atoms. The van der Waals surface area contributed by atoms with Crippen molar-refractivity contribution in [1.82, 2.24) is 14.1 Å². The van der Waals surface area contributed by atoms with Crippen molar-refractivity contribution in [2.45, 2.75) is 0 Å². The number of pyridine rings is 1. The maximum Gasteiger partial charge on any atom is 0.0909 e. The van der Waals surface area contributed by atoms with E-state index in [2.05, 4.69) is 155 Å². The lowest BCUT2D eigenvalue weighted by atomic mass is 10.0. The minimum atomic E-state index is 1.07. The summed E-state index contributed by atoms with van der Waals surface area (Å²) in [4.78, 5) is 4.83. The topological polar surface area (TPSA) is 22.8 Å². The van der Waals surface area contributed by atoms with Gasteiger partial charge in [-0.25, -0.2) is 0 Å². The number of thiophene rings is 1. The molecule has 0 bridgehead atoms. The van der Waals surface area contributed by atoms with E-state index in [1.807, 2.05) is 17.5 Å². The second kappa shape index (κ2) is 9.39. The van der Waals surface area contributed by atoms with Gasteiger partial charge in [0.2, 0.25) is 0 Å². The van der Waals surface area contributed by atoms with Crippen LogP contribution >= 0.6 is 11.3 Å². The Hall–Kier alpha value is -5.71. The predicted molar refractivity (Wildman–Crippen MR) is 191 cm³/mol. The highest BCUT2D eigenvalue weighted by molar-refractivity contribution is 7.26. The van der Waals surface area contributed by atoms with Gasteiger partial charge < -0.3 is 9.13 Å². The normalized spacial score (nSPS) is 12.0. The molecule has 0 atom stereocenters. The molecule has 0 aliphatic rings. The number of aromatic nitrogens is 3. The molecule has 0 radical (unpaired) electrons. The predicted octanol–water partition coefficient (Wildman–Crippen LogP) is 11.3. The van der Waals surface area contributed by atoms with E-state index in [1.54, 1.807) is 0 Å². The third-order valence-electron chi connectivity index (χ3n) is 9.19. The first kappa shape index (κ1) is 24.7. The maximum absolute atomic E-state index is 4.83. The van der Waals surface area contributed by atoms with Crippen molar-refractivity contribution in [1.29, 1.82) is 0 Å². The van der Waals surface area contributed by atoms with Gasteiger partial charge in [0.25, 0.3) is 0 Å². The molecule has 3 nitrogen and oxygen atoms in total. The van der Waals surface area contributed by atoms with Crippen LogP contribution in [0.15, 0.2) is 152 Å². The van der Waals surface area contributed by atoms with Crippen LogP contribution < -0.4 is 0 Å². The van der Waals surface area contributed by atoms with Gasteiger partial charge in [-0.05, 0) is 59.7 Å². The van der Waals surface area contributed by atoms with Crippen molar-refractivity contribution >= 4 is 75.3 Å². The van der Waals surface area contributed by atoms with Crippen molar-refractivity contribution in [3.8, 4) is 22.5 Å². The van der Waals surface area contributed by atoms with Crippen molar-refractivity contribution in [3.63, 3.8) is 0 Å². The molecule has 0 aliphatic heterocycles. The Labute approximate surface area is 262 Å². The molecule has 4 heterocycles. The van der Waals surface area contributed by atoms with Crippen LogP contribution in [0.5, 0.6) is 0 Å². The third-order valence-corrected chi connectivity index (χ3v) is 10.4. The largest absolute Gasteiger partial charge is 0.309 e. The van der Waals surface area contributed by atoms with Gasteiger partial charge >= 0.3 is 0 Å². The molecule has 0 N–H and O–H groups in total. The maximum atomic E-state index is 4.83. The number of rotatable bonds is 3. The molecule has 210 valence electrons. The molecule has 0 fully saturated rings. The first-order valence-electron chi connectivity index (χ1n) is 15.2. The van der Waals surface area contributed by atoms with Crippen LogP contribution in [-0.2, 0) is 0 Å². The lowest BCUT2D eigenvalue weighted by Crippen LogP contribution is -1.95.